The van der Waals surface area contributed by atoms with Crippen molar-refractivity contribution >= 4 is 23.2 Å². The molecule has 0 aliphatic rings. The summed E-state index contributed by atoms with van der Waals surface area (Å²) in [5.41, 5.74) is 0. The van der Waals surface area contributed by atoms with Crippen LogP contribution in [0.15, 0.2) is 39.9 Å². The monoisotopic (exact) mass is 362 g/mol. The van der Waals surface area contributed by atoms with Crippen LogP contribution in [0.4, 0.5) is 0 Å². The Labute approximate surface area is 152 Å². The molecule has 0 saturated carbocycles. The molecule has 2 aromatic heterocycles. The number of nitrogens with zero attached hydrogens (tertiary/aromatic N) is 1. The lowest BCUT2D eigenvalue weighted by atomic mass is 10.2. The number of thiophene rings is 1. The van der Waals surface area contributed by atoms with Crippen molar-refractivity contribution in [3.63, 3.8) is 0 Å². The van der Waals surface area contributed by atoms with E-state index in [0.29, 0.717) is 12.5 Å². The van der Waals surface area contributed by atoms with Crippen molar-refractivity contribution in [3.05, 3.63) is 46.0 Å². The normalized spacial score (nSPS) is 12.7. The largest absolute Gasteiger partial charge is 0.467 e. The molecule has 136 valence electrons. The van der Waals surface area contributed by atoms with Crippen LogP contribution in [0, 0.1) is 6.92 Å². The second kappa shape index (κ2) is 9.88. The van der Waals surface area contributed by atoms with E-state index in [9.17, 15) is 4.79 Å². The molecule has 1 unspecified atom stereocenters. The van der Waals surface area contributed by atoms with E-state index in [1.807, 2.05) is 13.0 Å². The first-order chi connectivity index (χ1) is 12.1. The molecule has 3 N–H and O–H groups in total. The van der Waals surface area contributed by atoms with Crippen molar-refractivity contribution in [2.45, 2.75) is 39.8 Å². The van der Waals surface area contributed by atoms with Crippen molar-refractivity contribution in [3.8, 4) is 0 Å². The molecule has 0 saturated heterocycles. The number of nitrogens with one attached hydrogen (secondary N) is 3. The van der Waals surface area contributed by atoms with Gasteiger partial charge in [-0.25, -0.2) is 4.99 Å². The molecule has 2 aromatic rings. The van der Waals surface area contributed by atoms with Crippen molar-refractivity contribution in [2.24, 2.45) is 4.99 Å². The zero-order valence-corrected chi connectivity index (χ0v) is 15.8. The number of furan rings is 1. The van der Waals surface area contributed by atoms with Gasteiger partial charge in [0.15, 0.2) is 5.96 Å². The number of aryl methyl sites for hydroxylation is 1. The number of rotatable bonds is 8. The van der Waals surface area contributed by atoms with Crippen LogP contribution < -0.4 is 16.0 Å². The molecule has 0 radical (unpaired) electrons. The fraction of sp³-hybridized carbons (Fsp3) is 0.444. The highest BCUT2D eigenvalue weighted by molar-refractivity contribution is 7.11. The molecular weight excluding hydrogens is 336 g/mol. The quantitative estimate of drug-likeness (QED) is 0.498. The molecule has 0 fully saturated rings. The number of amides is 1. The van der Waals surface area contributed by atoms with E-state index < -0.39 is 0 Å². The zero-order valence-electron chi connectivity index (χ0n) is 15.0. The van der Waals surface area contributed by atoms with Gasteiger partial charge < -0.3 is 20.4 Å². The number of guanidine groups is 1. The molecule has 0 aromatic carbocycles. The van der Waals surface area contributed by atoms with Gasteiger partial charge in [-0.15, -0.1) is 11.3 Å². The highest BCUT2D eigenvalue weighted by Gasteiger charge is 2.09. The lowest BCUT2D eigenvalue weighted by molar-refractivity contribution is -0.119. The Hall–Kier alpha value is -2.28. The summed E-state index contributed by atoms with van der Waals surface area (Å²) in [5, 5.41) is 9.31. The number of aliphatic imine (C=N–C) groups is 1. The van der Waals surface area contributed by atoms with Crippen LogP contribution in [0.2, 0.25) is 0 Å². The summed E-state index contributed by atoms with van der Waals surface area (Å²) >= 11 is 1.81. The summed E-state index contributed by atoms with van der Waals surface area (Å²) in [7, 11) is 0. The van der Waals surface area contributed by atoms with Crippen LogP contribution in [-0.2, 0) is 17.8 Å². The van der Waals surface area contributed by atoms with Crippen molar-refractivity contribution in [2.75, 3.05) is 13.1 Å². The Kier molecular flexibility index (Phi) is 7.53. The predicted octanol–water partition coefficient (Wildman–Crippen LogP) is 2.45. The van der Waals surface area contributed by atoms with E-state index in [2.05, 4.69) is 46.9 Å². The first-order valence-electron chi connectivity index (χ1n) is 8.46. The number of hydrogen-bond donors (Lipinski definition) is 3. The van der Waals surface area contributed by atoms with E-state index in [-0.39, 0.29) is 18.5 Å². The van der Waals surface area contributed by atoms with Gasteiger partial charge in [-0.3, -0.25) is 4.79 Å². The van der Waals surface area contributed by atoms with E-state index in [1.165, 1.54) is 9.75 Å². The molecule has 1 atom stereocenters. The lowest BCUT2D eigenvalue weighted by Gasteiger charge is -2.17. The van der Waals surface area contributed by atoms with Gasteiger partial charge in [-0.05, 0) is 45.0 Å². The summed E-state index contributed by atoms with van der Waals surface area (Å²) in [5.74, 6) is 1.23. The van der Waals surface area contributed by atoms with Crippen molar-refractivity contribution in [1.29, 1.82) is 0 Å². The van der Waals surface area contributed by atoms with E-state index >= 15 is 0 Å². The average Bonchev–Trinajstić information content (AvgIpc) is 3.22. The molecule has 1 amide bonds. The number of hydrogen-bond acceptors (Lipinski definition) is 4. The summed E-state index contributed by atoms with van der Waals surface area (Å²) < 4.78 is 5.18. The Morgan fingerprint density at radius 3 is 2.80 bits per heavy atom. The SMILES string of the molecule is CCNC(=NCC(=O)NCc1ccco1)NC(C)Cc1ccc(C)s1. The van der Waals surface area contributed by atoms with Gasteiger partial charge in [0.25, 0.3) is 0 Å². The second-order valence-corrected chi connectivity index (χ2v) is 7.19. The van der Waals surface area contributed by atoms with Crippen LogP contribution in [0.1, 0.15) is 29.4 Å². The fourth-order valence-electron chi connectivity index (χ4n) is 2.31. The Morgan fingerprint density at radius 1 is 1.32 bits per heavy atom. The Bertz CT molecular complexity index is 679. The van der Waals surface area contributed by atoms with Gasteiger partial charge in [0.05, 0.1) is 12.8 Å². The summed E-state index contributed by atoms with van der Waals surface area (Å²) in [6.45, 7) is 7.41. The molecule has 0 spiro atoms. The van der Waals surface area contributed by atoms with E-state index in [4.69, 9.17) is 4.42 Å². The molecule has 7 heteroatoms. The highest BCUT2D eigenvalue weighted by Crippen LogP contribution is 2.16. The van der Waals surface area contributed by atoms with Gasteiger partial charge in [0, 0.05) is 28.8 Å². The van der Waals surface area contributed by atoms with Gasteiger partial charge in [0.2, 0.25) is 5.91 Å². The van der Waals surface area contributed by atoms with Crippen LogP contribution in [-0.4, -0.2) is 31.0 Å². The summed E-state index contributed by atoms with van der Waals surface area (Å²) in [6.07, 6.45) is 2.51. The summed E-state index contributed by atoms with van der Waals surface area (Å²) in [4.78, 5) is 18.9. The molecule has 0 aliphatic heterocycles. The number of carbonyl (C=O) groups is 1. The van der Waals surface area contributed by atoms with Crippen LogP contribution in [0.5, 0.6) is 0 Å². The van der Waals surface area contributed by atoms with Crippen molar-refractivity contribution < 1.29 is 9.21 Å². The maximum absolute atomic E-state index is 11.9. The topological polar surface area (TPSA) is 78.7 Å². The first-order valence-corrected chi connectivity index (χ1v) is 9.27. The fourth-order valence-corrected chi connectivity index (χ4v) is 3.33. The average molecular weight is 362 g/mol. The Balaban J connectivity index is 1.80. The minimum absolute atomic E-state index is 0.0703. The van der Waals surface area contributed by atoms with E-state index in [0.717, 1.165) is 18.7 Å². The third kappa shape index (κ3) is 7.01. The molecule has 2 heterocycles. The maximum atomic E-state index is 11.9. The van der Waals surface area contributed by atoms with Crippen LogP contribution >= 0.6 is 11.3 Å². The third-order valence-electron chi connectivity index (χ3n) is 3.45. The lowest BCUT2D eigenvalue weighted by Crippen LogP contribution is -2.43. The zero-order chi connectivity index (χ0) is 18.1. The number of carbonyl (C=O) groups excluding carboxylic acids is 1. The second-order valence-electron chi connectivity index (χ2n) is 5.81. The third-order valence-corrected chi connectivity index (χ3v) is 4.47. The minimum atomic E-state index is -0.143. The van der Waals surface area contributed by atoms with Gasteiger partial charge in [0.1, 0.15) is 12.3 Å². The molecular formula is C18H26N4O2S. The van der Waals surface area contributed by atoms with Gasteiger partial charge in [-0.1, -0.05) is 0 Å². The minimum Gasteiger partial charge on any atom is -0.467 e. The maximum Gasteiger partial charge on any atom is 0.242 e. The van der Waals surface area contributed by atoms with Crippen molar-refractivity contribution in [1.82, 2.24) is 16.0 Å². The Morgan fingerprint density at radius 2 is 2.16 bits per heavy atom. The standard InChI is InChI=1S/C18H26N4O2S/c1-4-19-18(22-13(2)10-16-8-7-14(3)25-16)21-12-17(23)20-11-15-6-5-9-24-15/h5-9,13H,4,10-12H2,1-3H3,(H,20,23)(H2,19,21,22). The molecule has 0 aliphatic carbocycles. The summed E-state index contributed by atoms with van der Waals surface area (Å²) in [6, 6.07) is 8.13. The molecule has 25 heavy (non-hydrogen) atoms. The molecule has 6 nitrogen and oxygen atoms in total. The molecule has 0 bridgehead atoms. The highest BCUT2D eigenvalue weighted by atomic mass is 32.1. The van der Waals surface area contributed by atoms with Gasteiger partial charge in [-0.2, -0.15) is 0 Å². The smallest absolute Gasteiger partial charge is 0.242 e. The van der Waals surface area contributed by atoms with Gasteiger partial charge >= 0.3 is 0 Å². The molecule has 2 rings (SSSR count). The van der Waals surface area contributed by atoms with Crippen LogP contribution in [0.3, 0.4) is 0 Å². The van der Waals surface area contributed by atoms with Crippen LogP contribution in [0.25, 0.3) is 0 Å². The first kappa shape index (κ1) is 19.1. The van der Waals surface area contributed by atoms with E-state index in [1.54, 1.807) is 23.7 Å². The predicted molar refractivity (Wildman–Crippen MR) is 102 cm³/mol.